The highest BCUT2D eigenvalue weighted by molar-refractivity contribution is 8.26. The second kappa shape index (κ2) is 10.6. The second-order valence-corrected chi connectivity index (χ2v) is 9.18. The lowest BCUT2D eigenvalue weighted by Gasteiger charge is -2.15. The number of pyridine rings is 1. The van der Waals surface area contributed by atoms with Gasteiger partial charge in [0.1, 0.15) is 15.8 Å². The van der Waals surface area contributed by atoms with Gasteiger partial charge >= 0.3 is 0 Å². The summed E-state index contributed by atoms with van der Waals surface area (Å²) in [4.78, 5) is 32.9. The zero-order chi connectivity index (χ0) is 22.5. The van der Waals surface area contributed by atoms with Gasteiger partial charge in [-0.15, -0.1) is 0 Å². The summed E-state index contributed by atoms with van der Waals surface area (Å²) in [5.41, 5.74) is 0.626. The molecule has 1 N–H and O–H groups in total. The van der Waals surface area contributed by atoms with E-state index < -0.39 is 0 Å². The SMILES string of the molecule is CCOCCCN1C(=O)C(=Cc2c(NCC3CCCO3)nc3ccccn3c2=O)SC1=S. The molecule has 2 aliphatic heterocycles. The Balaban J connectivity index is 1.63. The Hall–Kier alpha value is -2.27. The topological polar surface area (TPSA) is 85.2 Å². The summed E-state index contributed by atoms with van der Waals surface area (Å²) in [7, 11) is 0. The van der Waals surface area contributed by atoms with Gasteiger partial charge in [-0.25, -0.2) is 4.98 Å². The minimum atomic E-state index is -0.243. The van der Waals surface area contributed by atoms with Crippen molar-refractivity contribution in [2.75, 3.05) is 38.2 Å². The van der Waals surface area contributed by atoms with E-state index in [4.69, 9.17) is 21.7 Å². The van der Waals surface area contributed by atoms with Crippen LogP contribution in [0.25, 0.3) is 11.7 Å². The molecule has 0 radical (unpaired) electrons. The van der Waals surface area contributed by atoms with Gasteiger partial charge in [-0.2, -0.15) is 0 Å². The summed E-state index contributed by atoms with van der Waals surface area (Å²) in [6.45, 7) is 4.93. The number of ether oxygens (including phenoxy) is 2. The minimum Gasteiger partial charge on any atom is -0.382 e. The molecule has 2 aromatic rings. The summed E-state index contributed by atoms with van der Waals surface area (Å²) in [5, 5.41) is 3.27. The standard InChI is InChI=1S/C22H26N4O4S2/c1-2-29-11-6-10-26-21(28)17(32-22(26)31)13-16-19(23-14-15-7-5-12-30-15)24-18-8-3-4-9-25(18)20(16)27/h3-4,8-9,13,15,23H,2,5-7,10-12,14H2,1H3. The number of fused-ring (bicyclic) bond motifs is 1. The van der Waals surface area contributed by atoms with Crippen molar-refractivity contribution in [1.29, 1.82) is 0 Å². The first-order valence-electron chi connectivity index (χ1n) is 10.8. The van der Waals surface area contributed by atoms with Gasteiger partial charge in [0.25, 0.3) is 11.5 Å². The van der Waals surface area contributed by atoms with Crippen LogP contribution in [0.2, 0.25) is 0 Å². The van der Waals surface area contributed by atoms with Crippen molar-refractivity contribution >= 4 is 51.7 Å². The highest BCUT2D eigenvalue weighted by atomic mass is 32.2. The fourth-order valence-electron chi connectivity index (χ4n) is 3.68. The van der Waals surface area contributed by atoms with Crippen molar-refractivity contribution in [3.8, 4) is 0 Å². The van der Waals surface area contributed by atoms with Crippen LogP contribution in [0.1, 0.15) is 31.7 Å². The van der Waals surface area contributed by atoms with Crippen LogP contribution in [0.15, 0.2) is 34.1 Å². The average Bonchev–Trinajstić information content (AvgIpc) is 3.41. The number of hydrogen-bond acceptors (Lipinski definition) is 8. The third-order valence-corrected chi connectivity index (χ3v) is 6.69. The first-order chi connectivity index (χ1) is 15.6. The molecule has 4 heterocycles. The number of hydrogen-bond donors (Lipinski definition) is 1. The van der Waals surface area contributed by atoms with Crippen molar-refractivity contribution in [3.63, 3.8) is 0 Å². The number of thioether (sulfide) groups is 1. The Morgan fingerprint density at radius 1 is 1.41 bits per heavy atom. The van der Waals surface area contributed by atoms with Crippen molar-refractivity contribution in [1.82, 2.24) is 14.3 Å². The second-order valence-electron chi connectivity index (χ2n) is 7.51. The molecule has 1 atom stereocenters. The maximum atomic E-state index is 13.3. The summed E-state index contributed by atoms with van der Waals surface area (Å²) < 4.78 is 13.0. The van der Waals surface area contributed by atoms with Crippen LogP contribution in [0.5, 0.6) is 0 Å². The zero-order valence-corrected chi connectivity index (χ0v) is 19.5. The molecule has 0 aromatic carbocycles. The van der Waals surface area contributed by atoms with Crippen LogP contribution < -0.4 is 10.9 Å². The number of nitrogens with one attached hydrogen (secondary N) is 1. The molecule has 8 nitrogen and oxygen atoms in total. The minimum absolute atomic E-state index is 0.0856. The largest absolute Gasteiger partial charge is 0.382 e. The number of amides is 1. The quantitative estimate of drug-likeness (QED) is 0.337. The van der Waals surface area contributed by atoms with Crippen molar-refractivity contribution in [2.24, 2.45) is 0 Å². The lowest BCUT2D eigenvalue weighted by Crippen LogP contribution is -2.30. The lowest BCUT2D eigenvalue weighted by molar-refractivity contribution is -0.122. The molecule has 2 aromatic heterocycles. The fraction of sp³-hybridized carbons (Fsp3) is 0.455. The molecule has 0 aliphatic carbocycles. The summed E-state index contributed by atoms with van der Waals surface area (Å²) in [6.07, 6.45) is 6.05. The first-order valence-corrected chi connectivity index (χ1v) is 12.0. The predicted molar refractivity (Wildman–Crippen MR) is 130 cm³/mol. The van der Waals surface area contributed by atoms with E-state index in [0.29, 0.717) is 59.0 Å². The maximum Gasteiger partial charge on any atom is 0.267 e. The molecule has 2 fully saturated rings. The third kappa shape index (κ3) is 5.03. The van der Waals surface area contributed by atoms with E-state index >= 15 is 0 Å². The van der Waals surface area contributed by atoms with Crippen LogP contribution in [0.3, 0.4) is 0 Å². The van der Waals surface area contributed by atoms with Gasteiger partial charge in [0.05, 0.1) is 16.6 Å². The average molecular weight is 475 g/mol. The highest BCUT2D eigenvalue weighted by Crippen LogP contribution is 2.33. The van der Waals surface area contributed by atoms with Crippen LogP contribution >= 0.6 is 24.0 Å². The smallest absolute Gasteiger partial charge is 0.267 e. The normalized spacial score (nSPS) is 20.1. The van der Waals surface area contributed by atoms with Gasteiger partial charge in [-0.05, 0) is 44.4 Å². The molecule has 10 heteroatoms. The number of aromatic nitrogens is 2. The van der Waals surface area contributed by atoms with Crippen LogP contribution in [0, 0.1) is 0 Å². The van der Waals surface area contributed by atoms with Gasteiger partial charge in [0.2, 0.25) is 0 Å². The van der Waals surface area contributed by atoms with E-state index in [1.165, 1.54) is 16.2 Å². The molecular formula is C22H26N4O4S2. The Bertz CT molecular complexity index is 1100. The number of anilines is 1. The van der Waals surface area contributed by atoms with Crippen molar-refractivity contribution < 1.29 is 14.3 Å². The van der Waals surface area contributed by atoms with E-state index in [2.05, 4.69) is 10.3 Å². The van der Waals surface area contributed by atoms with E-state index in [1.807, 2.05) is 13.0 Å². The molecule has 1 amide bonds. The molecule has 170 valence electrons. The number of carbonyl (C=O) groups is 1. The fourth-order valence-corrected chi connectivity index (χ4v) is 4.97. The van der Waals surface area contributed by atoms with Gasteiger partial charge < -0.3 is 14.8 Å². The number of carbonyl (C=O) groups excluding carboxylic acids is 1. The Labute approximate surface area is 196 Å². The van der Waals surface area contributed by atoms with Crippen molar-refractivity contribution in [2.45, 2.75) is 32.3 Å². The molecule has 0 saturated carbocycles. The number of nitrogens with zero attached hydrogens (tertiary/aromatic N) is 3. The van der Waals surface area contributed by atoms with E-state index in [9.17, 15) is 9.59 Å². The van der Waals surface area contributed by atoms with E-state index in [-0.39, 0.29) is 17.6 Å². The number of rotatable bonds is 9. The van der Waals surface area contributed by atoms with Crippen LogP contribution in [-0.2, 0) is 14.3 Å². The summed E-state index contributed by atoms with van der Waals surface area (Å²) >= 11 is 6.62. The lowest BCUT2D eigenvalue weighted by atomic mass is 10.2. The molecule has 2 aliphatic rings. The number of thiocarbonyl (C=S) groups is 1. The Morgan fingerprint density at radius 3 is 3.06 bits per heavy atom. The van der Waals surface area contributed by atoms with Gasteiger partial charge in [0.15, 0.2) is 0 Å². The van der Waals surface area contributed by atoms with Crippen LogP contribution in [0.4, 0.5) is 5.82 Å². The van der Waals surface area contributed by atoms with E-state index in [0.717, 1.165) is 19.4 Å². The Kier molecular flexibility index (Phi) is 7.56. The van der Waals surface area contributed by atoms with E-state index in [1.54, 1.807) is 29.3 Å². The molecule has 0 spiro atoms. The van der Waals surface area contributed by atoms with Gasteiger partial charge in [-0.3, -0.25) is 18.9 Å². The zero-order valence-electron chi connectivity index (χ0n) is 17.9. The highest BCUT2D eigenvalue weighted by Gasteiger charge is 2.32. The van der Waals surface area contributed by atoms with Gasteiger partial charge in [0, 0.05) is 39.1 Å². The van der Waals surface area contributed by atoms with Crippen molar-refractivity contribution in [3.05, 3.63) is 45.2 Å². The first kappa shape index (κ1) is 22.9. The molecule has 2 saturated heterocycles. The molecule has 0 bridgehead atoms. The molecule has 32 heavy (non-hydrogen) atoms. The monoisotopic (exact) mass is 474 g/mol. The maximum absolute atomic E-state index is 13.3. The predicted octanol–water partition coefficient (Wildman–Crippen LogP) is 2.91. The van der Waals surface area contributed by atoms with Gasteiger partial charge in [-0.1, -0.05) is 30.0 Å². The molecule has 1 unspecified atom stereocenters. The molecule has 4 rings (SSSR count). The summed E-state index contributed by atoms with van der Waals surface area (Å²) in [6, 6.07) is 5.39. The van der Waals surface area contributed by atoms with Crippen LogP contribution in [-0.4, -0.2) is 63.5 Å². The Morgan fingerprint density at radius 2 is 2.28 bits per heavy atom. The summed E-state index contributed by atoms with van der Waals surface area (Å²) in [5.74, 6) is 0.248. The molecular weight excluding hydrogens is 448 g/mol. The third-order valence-electron chi connectivity index (χ3n) is 5.31.